The molecule has 1 aromatic heterocycles. The minimum atomic E-state index is 0.445. The second-order valence-corrected chi connectivity index (χ2v) is 4.73. The van der Waals surface area contributed by atoms with Crippen LogP contribution in [0.4, 0.5) is 0 Å². The van der Waals surface area contributed by atoms with Gasteiger partial charge in [-0.1, -0.05) is 18.6 Å². The highest BCUT2D eigenvalue weighted by atomic mass is 14.7. The average Bonchev–Trinajstić information content (AvgIpc) is 2.97. The third-order valence-corrected chi connectivity index (χ3v) is 3.52. The van der Waals surface area contributed by atoms with Gasteiger partial charge in [-0.25, -0.2) is 6.07 Å². The van der Waals surface area contributed by atoms with Gasteiger partial charge in [0, 0.05) is 17.1 Å². The maximum Gasteiger partial charge on any atom is 0.0456 e. The zero-order valence-electron chi connectivity index (χ0n) is 10.2. The van der Waals surface area contributed by atoms with Crippen molar-refractivity contribution in [2.75, 3.05) is 0 Å². The van der Waals surface area contributed by atoms with Gasteiger partial charge in [-0.2, -0.15) is 23.8 Å². The molecule has 17 heavy (non-hydrogen) atoms. The van der Waals surface area contributed by atoms with E-state index in [1.54, 1.807) is 0 Å². The molecule has 0 bridgehead atoms. The average molecular weight is 222 g/mol. The summed E-state index contributed by atoms with van der Waals surface area (Å²) in [7, 11) is 0. The van der Waals surface area contributed by atoms with Gasteiger partial charge in [0.2, 0.25) is 0 Å². The normalized spacial score (nSPS) is 13.1. The maximum absolute atomic E-state index is 3.36. The Morgan fingerprint density at radius 3 is 2.88 bits per heavy atom. The number of rotatable bonds is 2. The van der Waals surface area contributed by atoms with Crippen LogP contribution < -0.4 is 0 Å². The minimum absolute atomic E-state index is 0.445. The summed E-state index contributed by atoms with van der Waals surface area (Å²) in [6.07, 6.45) is 2.14. The van der Waals surface area contributed by atoms with Crippen LogP contribution in [0.2, 0.25) is 0 Å². The Labute approximate surface area is 101 Å². The van der Waals surface area contributed by atoms with Crippen LogP contribution in [-0.2, 0) is 0 Å². The van der Waals surface area contributed by atoms with Crippen LogP contribution in [0.5, 0.6) is 0 Å². The Balaban J connectivity index is 2.14. The lowest BCUT2D eigenvalue weighted by molar-refractivity contribution is 0.937. The van der Waals surface area contributed by atoms with E-state index in [-0.39, 0.29) is 0 Å². The maximum atomic E-state index is 3.36. The predicted octanol–water partition coefficient (Wildman–Crippen LogP) is 4.35. The van der Waals surface area contributed by atoms with E-state index < -0.39 is 0 Å². The number of hydrogen-bond acceptors (Lipinski definition) is 0. The smallest absolute Gasteiger partial charge is 0.0456 e. The van der Waals surface area contributed by atoms with Gasteiger partial charge in [-0.3, -0.25) is 0 Å². The molecule has 1 nitrogen and oxygen atoms in total. The summed E-state index contributed by atoms with van der Waals surface area (Å²) in [6.45, 7) is 4.41. The molecule has 0 aliphatic heterocycles. The Kier molecular flexibility index (Phi) is 2.32. The highest BCUT2D eigenvalue weighted by Gasteiger charge is 2.09. The van der Waals surface area contributed by atoms with Crippen molar-refractivity contribution in [3.63, 3.8) is 0 Å². The number of aromatic nitrogens is 1. The molecule has 1 atom stereocenters. The van der Waals surface area contributed by atoms with Crippen molar-refractivity contribution in [1.82, 2.24) is 4.98 Å². The monoisotopic (exact) mass is 222 g/mol. The Hall–Kier alpha value is -1.89. The lowest BCUT2D eigenvalue weighted by Crippen LogP contribution is -1.92. The molecule has 3 aromatic rings. The zero-order valence-corrected chi connectivity index (χ0v) is 10.2. The van der Waals surface area contributed by atoms with Gasteiger partial charge in [0.05, 0.1) is 0 Å². The molecule has 0 saturated heterocycles. The highest BCUT2D eigenvalue weighted by molar-refractivity contribution is 5.84. The predicted molar refractivity (Wildman–Crippen MR) is 72.6 cm³/mol. The first-order valence-corrected chi connectivity index (χ1v) is 6.05. The molecule has 0 saturated carbocycles. The van der Waals surface area contributed by atoms with Crippen molar-refractivity contribution < 1.29 is 0 Å². The van der Waals surface area contributed by atoms with Gasteiger partial charge in [0.25, 0.3) is 0 Å². The minimum Gasteiger partial charge on any atom is -0.361 e. The zero-order chi connectivity index (χ0) is 11.8. The van der Waals surface area contributed by atoms with Crippen LogP contribution in [0.25, 0.3) is 10.9 Å². The third kappa shape index (κ3) is 1.68. The summed E-state index contributed by atoms with van der Waals surface area (Å²) in [4.78, 5) is 3.36. The van der Waals surface area contributed by atoms with E-state index in [1.165, 1.54) is 27.6 Å². The topological polar surface area (TPSA) is 15.8 Å². The van der Waals surface area contributed by atoms with E-state index in [1.807, 2.05) is 0 Å². The molecule has 1 N–H and O–H groups in total. The van der Waals surface area contributed by atoms with Gasteiger partial charge < -0.3 is 4.98 Å². The number of benzene rings is 1. The largest absolute Gasteiger partial charge is 0.361 e. The van der Waals surface area contributed by atoms with Crippen molar-refractivity contribution in [1.29, 1.82) is 0 Å². The Bertz CT molecular complexity index is 629. The third-order valence-electron chi connectivity index (χ3n) is 3.52. The van der Waals surface area contributed by atoms with E-state index in [0.717, 1.165) is 0 Å². The summed E-state index contributed by atoms with van der Waals surface area (Å²) >= 11 is 0. The summed E-state index contributed by atoms with van der Waals surface area (Å²) in [5.41, 5.74) is 5.30. The van der Waals surface area contributed by atoms with Crippen LogP contribution in [-0.4, -0.2) is 4.98 Å². The van der Waals surface area contributed by atoms with E-state index in [0.29, 0.717) is 5.92 Å². The molecule has 0 aliphatic rings. The summed E-state index contributed by atoms with van der Waals surface area (Å²) in [6, 6.07) is 15.2. The fourth-order valence-electron chi connectivity index (χ4n) is 2.47. The second-order valence-electron chi connectivity index (χ2n) is 4.73. The molecule has 1 heteroatoms. The molecular formula is C16H16N-. The lowest BCUT2D eigenvalue weighted by atomic mass is 9.94. The number of H-pyrrole nitrogens is 1. The van der Waals surface area contributed by atoms with Crippen LogP contribution in [0, 0.1) is 6.92 Å². The summed E-state index contributed by atoms with van der Waals surface area (Å²) in [5.74, 6) is 0.445. The molecule has 1 heterocycles. The molecular weight excluding hydrogens is 206 g/mol. The first kappa shape index (κ1) is 10.3. The molecule has 0 fully saturated rings. The van der Waals surface area contributed by atoms with Gasteiger partial charge in [0.1, 0.15) is 0 Å². The first-order valence-electron chi connectivity index (χ1n) is 6.05. The van der Waals surface area contributed by atoms with E-state index >= 15 is 0 Å². The highest BCUT2D eigenvalue weighted by Crippen LogP contribution is 2.31. The molecule has 3 rings (SSSR count). The van der Waals surface area contributed by atoms with Gasteiger partial charge in [0.15, 0.2) is 0 Å². The SMILES string of the molecule is Cc1ccc2[nH]cc(C(C)c3cc[cH-]c3)c2c1. The van der Waals surface area contributed by atoms with Crippen molar-refractivity contribution in [3.05, 3.63) is 65.4 Å². The number of aryl methyl sites for hydroxylation is 1. The van der Waals surface area contributed by atoms with Crippen molar-refractivity contribution >= 4 is 10.9 Å². The molecule has 2 aromatic carbocycles. The molecule has 0 spiro atoms. The standard InChI is InChI=1S/C16H16N/c1-11-7-8-16-14(9-11)15(10-17-16)12(2)13-5-3-4-6-13/h3-10,12,17H,1-2H3/q-1. The lowest BCUT2D eigenvalue weighted by Gasteiger charge is -2.15. The fraction of sp³-hybridized carbons (Fsp3) is 0.188. The molecule has 0 amide bonds. The first-order chi connectivity index (χ1) is 8.25. The van der Waals surface area contributed by atoms with Crippen molar-refractivity contribution in [3.8, 4) is 0 Å². The van der Waals surface area contributed by atoms with Crippen LogP contribution in [0.15, 0.2) is 48.7 Å². The van der Waals surface area contributed by atoms with Crippen LogP contribution in [0.3, 0.4) is 0 Å². The molecule has 86 valence electrons. The Morgan fingerprint density at radius 2 is 2.12 bits per heavy atom. The van der Waals surface area contributed by atoms with Gasteiger partial charge in [-0.15, -0.1) is 0 Å². The van der Waals surface area contributed by atoms with Crippen molar-refractivity contribution in [2.45, 2.75) is 19.8 Å². The number of hydrogen-bond donors (Lipinski definition) is 1. The molecule has 0 aliphatic carbocycles. The van der Waals surface area contributed by atoms with Gasteiger partial charge >= 0.3 is 0 Å². The molecule has 1 unspecified atom stereocenters. The second kappa shape index (κ2) is 3.85. The Morgan fingerprint density at radius 1 is 1.24 bits per heavy atom. The number of fused-ring (bicyclic) bond motifs is 1. The number of nitrogens with one attached hydrogen (secondary N) is 1. The molecule has 0 radical (unpaired) electrons. The quantitative estimate of drug-likeness (QED) is 0.620. The van der Waals surface area contributed by atoms with Gasteiger partial charge in [-0.05, 0) is 30.5 Å². The van der Waals surface area contributed by atoms with E-state index in [2.05, 4.69) is 67.5 Å². The van der Waals surface area contributed by atoms with E-state index in [4.69, 9.17) is 0 Å². The van der Waals surface area contributed by atoms with Crippen LogP contribution in [0.1, 0.15) is 29.5 Å². The summed E-state index contributed by atoms with van der Waals surface area (Å²) < 4.78 is 0. The summed E-state index contributed by atoms with van der Waals surface area (Å²) in [5, 5.41) is 1.35. The number of aromatic amines is 1. The van der Waals surface area contributed by atoms with Crippen LogP contribution >= 0.6 is 0 Å². The van der Waals surface area contributed by atoms with E-state index in [9.17, 15) is 0 Å². The fourth-order valence-corrected chi connectivity index (χ4v) is 2.47. The van der Waals surface area contributed by atoms with Crippen molar-refractivity contribution in [2.24, 2.45) is 0 Å².